The monoisotopic (exact) mass is 245 g/mol. The molecule has 0 radical (unpaired) electrons. The van der Waals surface area contributed by atoms with Crippen LogP contribution in [0.5, 0.6) is 0 Å². The normalized spacial score (nSPS) is 20.1. The Morgan fingerprint density at radius 2 is 1.94 bits per heavy atom. The number of carbonyl (C=O) groups excluding carboxylic acids is 1. The van der Waals surface area contributed by atoms with Crippen LogP contribution in [0.25, 0.3) is 0 Å². The predicted octanol–water partition coefficient (Wildman–Crippen LogP) is 1.04. The summed E-state index contributed by atoms with van der Waals surface area (Å²) in [6, 6.07) is 0. The van der Waals surface area contributed by atoms with E-state index in [0.717, 1.165) is 19.3 Å². The van der Waals surface area contributed by atoms with Gasteiger partial charge in [0, 0.05) is 12.8 Å². The minimum atomic E-state index is -3.14. The highest BCUT2D eigenvalue weighted by Gasteiger charge is 2.41. The molecule has 1 aliphatic rings. The summed E-state index contributed by atoms with van der Waals surface area (Å²) in [6.07, 6.45) is 6.62. The van der Waals surface area contributed by atoms with Gasteiger partial charge in [0.1, 0.15) is 0 Å². The smallest absolute Gasteiger partial charge is 0.243 e. The van der Waals surface area contributed by atoms with Crippen molar-refractivity contribution in [3.05, 3.63) is 12.7 Å². The second-order valence-corrected chi connectivity index (χ2v) is 6.85. The van der Waals surface area contributed by atoms with E-state index >= 15 is 0 Å². The fraction of sp³-hybridized carbons (Fsp3) is 0.727. The molecule has 0 aliphatic heterocycles. The largest absolute Gasteiger partial charge is 0.351 e. The van der Waals surface area contributed by atoms with Gasteiger partial charge in [-0.25, -0.2) is 8.42 Å². The molecule has 0 saturated heterocycles. The van der Waals surface area contributed by atoms with Gasteiger partial charge in [0.2, 0.25) is 5.91 Å². The zero-order chi connectivity index (χ0) is 12.2. The summed E-state index contributed by atoms with van der Waals surface area (Å²) in [5.41, 5.74) is 0. The maximum atomic E-state index is 11.8. The average Bonchev–Trinajstić information content (AvgIpc) is 2.25. The van der Waals surface area contributed by atoms with Gasteiger partial charge in [-0.05, 0) is 18.9 Å². The Hall–Kier alpha value is -0.840. The molecule has 1 aliphatic carbocycles. The number of rotatable bonds is 4. The standard InChI is InChI=1S/C11H19NO3S/c1-3-10(13)12-9-11(16(2,14)15)7-5-4-6-8-11/h3H,1,4-9H2,2H3,(H,12,13). The molecule has 1 N–H and O–H groups in total. The molecule has 0 unspecified atom stereocenters. The Labute approximate surface area is 97.0 Å². The van der Waals surface area contributed by atoms with Crippen LogP contribution in [0, 0.1) is 0 Å². The Balaban J connectivity index is 2.79. The molecule has 16 heavy (non-hydrogen) atoms. The lowest BCUT2D eigenvalue weighted by atomic mass is 9.88. The Kier molecular flexibility index (Phi) is 4.13. The van der Waals surface area contributed by atoms with E-state index in [-0.39, 0.29) is 12.5 Å². The molecule has 4 nitrogen and oxygen atoms in total. The van der Waals surface area contributed by atoms with Crippen LogP contribution in [-0.2, 0) is 14.6 Å². The molecule has 0 aromatic carbocycles. The highest BCUT2D eigenvalue weighted by atomic mass is 32.2. The molecule has 1 rings (SSSR count). The molecular formula is C11H19NO3S. The average molecular weight is 245 g/mol. The van der Waals surface area contributed by atoms with Gasteiger partial charge >= 0.3 is 0 Å². The summed E-state index contributed by atoms with van der Waals surface area (Å²) in [5.74, 6) is -0.311. The minimum absolute atomic E-state index is 0.205. The van der Waals surface area contributed by atoms with Crippen LogP contribution in [0.15, 0.2) is 12.7 Å². The van der Waals surface area contributed by atoms with Crippen molar-refractivity contribution in [2.45, 2.75) is 36.9 Å². The second kappa shape index (κ2) is 4.99. The quantitative estimate of drug-likeness (QED) is 0.753. The summed E-state index contributed by atoms with van der Waals surface area (Å²) in [7, 11) is -3.14. The summed E-state index contributed by atoms with van der Waals surface area (Å²) >= 11 is 0. The Morgan fingerprint density at radius 1 is 1.38 bits per heavy atom. The molecule has 0 atom stereocenters. The first-order valence-corrected chi connectivity index (χ1v) is 7.40. The first-order valence-electron chi connectivity index (χ1n) is 5.51. The fourth-order valence-corrected chi connectivity index (χ4v) is 3.56. The minimum Gasteiger partial charge on any atom is -0.351 e. The lowest BCUT2D eigenvalue weighted by molar-refractivity contribution is -0.116. The number of sulfone groups is 1. The number of hydrogen-bond donors (Lipinski definition) is 1. The van der Waals surface area contributed by atoms with Crippen LogP contribution in [0.3, 0.4) is 0 Å². The van der Waals surface area contributed by atoms with Crippen molar-refractivity contribution in [1.82, 2.24) is 5.32 Å². The van der Waals surface area contributed by atoms with E-state index in [1.54, 1.807) is 0 Å². The highest BCUT2D eigenvalue weighted by Crippen LogP contribution is 2.34. The van der Waals surface area contributed by atoms with Crippen molar-refractivity contribution < 1.29 is 13.2 Å². The van der Waals surface area contributed by atoms with Gasteiger partial charge in [-0.3, -0.25) is 4.79 Å². The second-order valence-electron chi connectivity index (χ2n) is 4.44. The van der Waals surface area contributed by atoms with Crippen molar-refractivity contribution in [2.24, 2.45) is 0 Å². The lowest BCUT2D eigenvalue weighted by Crippen LogP contribution is -2.49. The zero-order valence-electron chi connectivity index (χ0n) is 9.66. The molecule has 1 saturated carbocycles. The van der Waals surface area contributed by atoms with Gasteiger partial charge < -0.3 is 5.32 Å². The molecule has 1 fully saturated rings. The molecule has 5 heteroatoms. The van der Waals surface area contributed by atoms with E-state index in [2.05, 4.69) is 11.9 Å². The Morgan fingerprint density at radius 3 is 2.38 bits per heavy atom. The molecule has 0 heterocycles. The van der Waals surface area contributed by atoms with Gasteiger partial charge in [-0.2, -0.15) is 0 Å². The van der Waals surface area contributed by atoms with Crippen molar-refractivity contribution in [1.29, 1.82) is 0 Å². The molecule has 0 aromatic rings. The molecular weight excluding hydrogens is 226 g/mol. The van der Waals surface area contributed by atoms with Crippen molar-refractivity contribution in [2.75, 3.05) is 12.8 Å². The summed E-state index contributed by atoms with van der Waals surface area (Å²) in [6.45, 7) is 3.55. The Bertz CT molecular complexity index is 367. The number of nitrogens with one attached hydrogen (secondary N) is 1. The van der Waals surface area contributed by atoms with E-state index in [4.69, 9.17) is 0 Å². The van der Waals surface area contributed by atoms with Crippen LogP contribution in [-0.4, -0.2) is 31.9 Å². The maximum absolute atomic E-state index is 11.8. The molecule has 0 bridgehead atoms. The number of amides is 1. The topological polar surface area (TPSA) is 63.2 Å². The van der Waals surface area contributed by atoms with Gasteiger partial charge in [0.05, 0.1) is 4.75 Å². The lowest BCUT2D eigenvalue weighted by Gasteiger charge is -2.35. The summed E-state index contributed by atoms with van der Waals surface area (Å²) in [5, 5.41) is 2.61. The fourth-order valence-electron chi connectivity index (χ4n) is 2.20. The molecule has 1 amide bonds. The van der Waals surface area contributed by atoms with Crippen LogP contribution in [0.1, 0.15) is 32.1 Å². The van der Waals surface area contributed by atoms with Crippen LogP contribution < -0.4 is 5.32 Å². The van der Waals surface area contributed by atoms with Crippen LogP contribution in [0.4, 0.5) is 0 Å². The first-order chi connectivity index (χ1) is 7.41. The molecule has 0 spiro atoms. The van der Waals surface area contributed by atoms with Crippen molar-refractivity contribution in [3.63, 3.8) is 0 Å². The van der Waals surface area contributed by atoms with E-state index in [1.165, 1.54) is 12.3 Å². The predicted molar refractivity (Wildman–Crippen MR) is 63.9 cm³/mol. The van der Waals surface area contributed by atoms with Gasteiger partial charge in [-0.15, -0.1) is 0 Å². The number of carbonyl (C=O) groups is 1. The summed E-state index contributed by atoms with van der Waals surface area (Å²) in [4.78, 5) is 11.1. The van der Waals surface area contributed by atoms with Crippen LogP contribution in [0.2, 0.25) is 0 Å². The molecule has 0 aromatic heterocycles. The van der Waals surface area contributed by atoms with Gasteiger partial charge in [0.15, 0.2) is 9.84 Å². The van der Waals surface area contributed by atoms with E-state index in [9.17, 15) is 13.2 Å². The van der Waals surface area contributed by atoms with Crippen LogP contribution >= 0.6 is 0 Å². The number of hydrogen-bond acceptors (Lipinski definition) is 3. The van der Waals surface area contributed by atoms with Gasteiger partial charge in [0.25, 0.3) is 0 Å². The molecule has 92 valence electrons. The third kappa shape index (κ3) is 2.84. The maximum Gasteiger partial charge on any atom is 0.243 e. The van der Waals surface area contributed by atoms with Gasteiger partial charge in [-0.1, -0.05) is 25.8 Å². The van der Waals surface area contributed by atoms with E-state index in [1.807, 2.05) is 0 Å². The van der Waals surface area contributed by atoms with Crippen molar-refractivity contribution >= 4 is 15.7 Å². The van der Waals surface area contributed by atoms with Crippen molar-refractivity contribution in [3.8, 4) is 0 Å². The van der Waals surface area contributed by atoms with E-state index < -0.39 is 14.6 Å². The highest BCUT2D eigenvalue weighted by molar-refractivity contribution is 7.92. The summed E-state index contributed by atoms with van der Waals surface area (Å²) < 4.78 is 22.9. The third-order valence-electron chi connectivity index (χ3n) is 3.32. The van der Waals surface area contributed by atoms with E-state index in [0.29, 0.717) is 12.8 Å². The first kappa shape index (κ1) is 13.2. The SMILES string of the molecule is C=CC(=O)NCC1(S(C)(=O)=O)CCCCC1. The zero-order valence-corrected chi connectivity index (χ0v) is 10.5. The third-order valence-corrected chi connectivity index (χ3v) is 5.45.